The Kier molecular flexibility index (Phi) is 2.57. The maximum Gasteiger partial charge on any atom is 0.119 e. The molecule has 0 saturated heterocycles. The molecule has 3 N–H and O–H groups in total. The van der Waals surface area contributed by atoms with Crippen LogP contribution >= 0.6 is 0 Å². The summed E-state index contributed by atoms with van der Waals surface area (Å²) in [5, 5.41) is 9.72. The van der Waals surface area contributed by atoms with E-state index in [0.717, 1.165) is 17.7 Å². The summed E-state index contributed by atoms with van der Waals surface area (Å²) in [6, 6.07) is 5.34. The van der Waals surface area contributed by atoms with Crippen LogP contribution in [0.4, 0.5) is 0 Å². The zero-order chi connectivity index (χ0) is 10.9. The molecule has 0 radical (unpaired) electrons. The fourth-order valence-corrected chi connectivity index (χ4v) is 1.86. The SMILES string of the molecule is COc1ccc(O)c(CC2(CN)CC2)c1. The van der Waals surface area contributed by atoms with Crippen molar-refractivity contribution in [3.8, 4) is 11.5 Å². The molecule has 0 amide bonds. The number of phenols is 1. The van der Waals surface area contributed by atoms with Crippen molar-refractivity contribution in [1.29, 1.82) is 0 Å². The average molecular weight is 207 g/mol. The van der Waals surface area contributed by atoms with Gasteiger partial charge in [0.05, 0.1) is 7.11 Å². The van der Waals surface area contributed by atoms with Gasteiger partial charge in [-0.05, 0) is 55.0 Å². The second-order valence-electron chi connectivity index (χ2n) is 4.38. The summed E-state index contributed by atoms with van der Waals surface area (Å²) in [5.41, 5.74) is 6.91. The average Bonchev–Trinajstić information content (AvgIpc) is 3.02. The van der Waals surface area contributed by atoms with Gasteiger partial charge in [0.25, 0.3) is 0 Å². The Morgan fingerprint density at radius 1 is 1.47 bits per heavy atom. The fourth-order valence-electron chi connectivity index (χ4n) is 1.86. The van der Waals surface area contributed by atoms with E-state index in [-0.39, 0.29) is 5.41 Å². The summed E-state index contributed by atoms with van der Waals surface area (Å²) in [6.45, 7) is 0.698. The summed E-state index contributed by atoms with van der Waals surface area (Å²) in [5.74, 6) is 1.13. The van der Waals surface area contributed by atoms with Crippen LogP contribution in [0.25, 0.3) is 0 Å². The summed E-state index contributed by atoms with van der Waals surface area (Å²) >= 11 is 0. The Balaban J connectivity index is 2.19. The van der Waals surface area contributed by atoms with E-state index in [1.807, 2.05) is 6.07 Å². The Morgan fingerprint density at radius 3 is 2.73 bits per heavy atom. The molecule has 0 heterocycles. The lowest BCUT2D eigenvalue weighted by Gasteiger charge is -2.14. The van der Waals surface area contributed by atoms with E-state index in [4.69, 9.17) is 10.5 Å². The zero-order valence-electron chi connectivity index (χ0n) is 8.99. The fraction of sp³-hybridized carbons (Fsp3) is 0.500. The van der Waals surface area contributed by atoms with Crippen LogP contribution in [0.1, 0.15) is 18.4 Å². The summed E-state index contributed by atoms with van der Waals surface area (Å²) in [7, 11) is 1.63. The maximum atomic E-state index is 9.72. The normalized spacial score (nSPS) is 17.5. The topological polar surface area (TPSA) is 55.5 Å². The van der Waals surface area contributed by atoms with Crippen LogP contribution in [-0.4, -0.2) is 18.8 Å². The predicted molar refractivity (Wildman–Crippen MR) is 59.1 cm³/mol. The molecule has 0 aliphatic heterocycles. The van der Waals surface area contributed by atoms with Gasteiger partial charge in [-0.15, -0.1) is 0 Å². The Labute approximate surface area is 89.9 Å². The molecule has 3 nitrogen and oxygen atoms in total. The molecule has 1 saturated carbocycles. The number of hydrogen-bond acceptors (Lipinski definition) is 3. The monoisotopic (exact) mass is 207 g/mol. The third-order valence-corrected chi connectivity index (χ3v) is 3.24. The van der Waals surface area contributed by atoms with Crippen molar-refractivity contribution in [2.45, 2.75) is 19.3 Å². The van der Waals surface area contributed by atoms with E-state index in [1.54, 1.807) is 19.2 Å². The Bertz CT molecular complexity index is 359. The molecular weight excluding hydrogens is 190 g/mol. The number of hydrogen-bond donors (Lipinski definition) is 2. The highest BCUT2D eigenvalue weighted by atomic mass is 16.5. The van der Waals surface area contributed by atoms with Crippen LogP contribution in [0.3, 0.4) is 0 Å². The summed E-state index contributed by atoms with van der Waals surface area (Å²) in [4.78, 5) is 0. The molecule has 0 atom stereocenters. The van der Waals surface area contributed by atoms with Crippen LogP contribution < -0.4 is 10.5 Å². The van der Waals surface area contributed by atoms with Crippen LogP contribution in [0, 0.1) is 5.41 Å². The molecule has 1 aromatic rings. The first-order chi connectivity index (χ1) is 7.19. The molecule has 2 rings (SSSR count). The van der Waals surface area contributed by atoms with Gasteiger partial charge in [-0.25, -0.2) is 0 Å². The van der Waals surface area contributed by atoms with Crippen molar-refractivity contribution in [1.82, 2.24) is 0 Å². The molecule has 1 aliphatic carbocycles. The lowest BCUT2D eigenvalue weighted by Crippen LogP contribution is -2.17. The first-order valence-electron chi connectivity index (χ1n) is 5.25. The van der Waals surface area contributed by atoms with Crippen molar-refractivity contribution >= 4 is 0 Å². The lowest BCUT2D eigenvalue weighted by molar-refractivity contribution is 0.408. The predicted octanol–water partition coefficient (Wildman–Crippen LogP) is 1.68. The third-order valence-electron chi connectivity index (χ3n) is 3.24. The zero-order valence-corrected chi connectivity index (χ0v) is 8.99. The van der Waals surface area contributed by atoms with Gasteiger partial charge in [0.1, 0.15) is 11.5 Å². The Morgan fingerprint density at radius 2 is 2.20 bits per heavy atom. The van der Waals surface area contributed by atoms with Gasteiger partial charge in [0.2, 0.25) is 0 Å². The molecule has 1 aromatic carbocycles. The summed E-state index contributed by atoms with van der Waals surface area (Å²) < 4.78 is 5.14. The molecule has 0 bridgehead atoms. The second kappa shape index (κ2) is 3.74. The van der Waals surface area contributed by atoms with Gasteiger partial charge in [0, 0.05) is 0 Å². The minimum absolute atomic E-state index is 0.240. The molecule has 1 fully saturated rings. The highest BCUT2D eigenvalue weighted by Crippen LogP contribution is 2.48. The molecule has 1 aliphatic rings. The number of benzene rings is 1. The maximum absolute atomic E-state index is 9.72. The van der Waals surface area contributed by atoms with Crippen molar-refractivity contribution in [2.75, 3.05) is 13.7 Å². The Hall–Kier alpha value is -1.22. The highest BCUT2D eigenvalue weighted by molar-refractivity contribution is 5.40. The van der Waals surface area contributed by atoms with Gasteiger partial charge in [0.15, 0.2) is 0 Å². The number of phenolic OH excluding ortho intramolecular Hbond substituents is 1. The molecule has 0 spiro atoms. The second-order valence-corrected chi connectivity index (χ2v) is 4.38. The highest BCUT2D eigenvalue weighted by Gasteiger charge is 2.41. The molecule has 0 unspecified atom stereocenters. The summed E-state index contributed by atoms with van der Waals surface area (Å²) in [6.07, 6.45) is 3.19. The number of aromatic hydroxyl groups is 1. The van der Waals surface area contributed by atoms with E-state index in [2.05, 4.69) is 0 Å². The molecule has 0 aromatic heterocycles. The number of ether oxygens (including phenoxy) is 1. The molecule has 3 heteroatoms. The van der Waals surface area contributed by atoms with E-state index in [9.17, 15) is 5.11 Å². The smallest absolute Gasteiger partial charge is 0.119 e. The number of nitrogens with two attached hydrogens (primary N) is 1. The number of methoxy groups -OCH3 is 1. The minimum Gasteiger partial charge on any atom is -0.508 e. The van der Waals surface area contributed by atoms with Crippen molar-refractivity contribution in [2.24, 2.45) is 11.1 Å². The lowest BCUT2D eigenvalue weighted by atomic mass is 9.96. The first kappa shape index (κ1) is 10.3. The first-order valence-corrected chi connectivity index (χ1v) is 5.25. The van der Waals surface area contributed by atoms with E-state index in [1.165, 1.54) is 12.8 Å². The van der Waals surface area contributed by atoms with Crippen LogP contribution in [0.15, 0.2) is 18.2 Å². The van der Waals surface area contributed by atoms with Crippen LogP contribution in [-0.2, 0) is 6.42 Å². The van der Waals surface area contributed by atoms with Gasteiger partial charge >= 0.3 is 0 Å². The van der Waals surface area contributed by atoms with E-state index >= 15 is 0 Å². The molecule has 15 heavy (non-hydrogen) atoms. The minimum atomic E-state index is 0.240. The van der Waals surface area contributed by atoms with Crippen molar-refractivity contribution in [3.05, 3.63) is 23.8 Å². The number of rotatable bonds is 4. The standard InChI is InChI=1S/C12H17NO2/c1-15-10-2-3-11(14)9(6-10)7-12(8-13)4-5-12/h2-3,6,14H,4-5,7-8,13H2,1H3. The van der Waals surface area contributed by atoms with Gasteiger partial charge in [-0.2, -0.15) is 0 Å². The third kappa shape index (κ3) is 2.07. The van der Waals surface area contributed by atoms with Crippen molar-refractivity contribution in [3.63, 3.8) is 0 Å². The van der Waals surface area contributed by atoms with Gasteiger partial charge in [-0.3, -0.25) is 0 Å². The van der Waals surface area contributed by atoms with Crippen LogP contribution in [0.5, 0.6) is 11.5 Å². The van der Waals surface area contributed by atoms with E-state index in [0.29, 0.717) is 12.3 Å². The van der Waals surface area contributed by atoms with Crippen molar-refractivity contribution < 1.29 is 9.84 Å². The quantitative estimate of drug-likeness (QED) is 0.789. The molecule has 82 valence electrons. The molecular formula is C12H17NO2. The van der Waals surface area contributed by atoms with Gasteiger partial charge < -0.3 is 15.6 Å². The van der Waals surface area contributed by atoms with Crippen LogP contribution in [0.2, 0.25) is 0 Å². The largest absolute Gasteiger partial charge is 0.508 e. The van der Waals surface area contributed by atoms with E-state index < -0.39 is 0 Å². The van der Waals surface area contributed by atoms with Gasteiger partial charge in [-0.1, -0.05) is 0 Å².